The van der Waals surface area contributed by atoms with Gasteiger partial charge in [0.15, 0.2) is 11.5 Å². The monoisotopic (exact) mass is 339 g/mol. The van der Waals surface area contributed by atoms with Crippen molar-refractivity contribution in [3.05, 3.63) is 48.2 Å². The number of amides is 2. The molecule has 7 nitrogen and oxygen atoms in total. The zero-order chi connectivity index (χ0) is 17.4. The lowest BCUT2D eigenvalue weighted by molar-refractivity contribution is -0.128. The smallest absolute Gasteiger partial charge is 0.231 e. The standard InChI is InChI=1S/C18H17N3O4/c1-21-16(22)9-12(18(23)20-15-4-2-3-7-19-15)17(21)11-5-6-13-14(8-11)25-10-24-13/h2-8,12,17H,9-10H2,1H3,(H,19,20,23)/t12-,17+/m1/s1. The van der Waals surface area contributed by atoms with E-state index in [9.17, 15) is 9.59 Å². The lowest BCUT2D eigenvalue weighted by Gasteiger charge is -2.25. The molecule has 1 N–H and O–H groups in total. The van der Waals surface area contributed by atoms with E-state index in [1.165, 1.54) is 0 Å². The predicted octanol–water partition coefficient (Wildman–Crippen LogP) is 1.97. The highest BCUT2D eigenvalue weighted by Crippen LogP contribution is 2.41. The number of ether oxygens (including phenoxy) is 2. The SMILES string of the molecule is CN1C(=O)C[C@@H](C(=O)Nc2ccccn2)[C@@H]1c1ccc2c(c1)OCO2. The second-order valence-corrected chi connectivity index (χ2v) is 6.08. The number of pyridine rings is 1. The summed E-state index contributed by atoms with van der Waals surface area (Å²) in [7, 11) is 1.71. The molecule has 2 amide bonds. The molecule has 25 heavy (non-hydrogen) atoms. The largest absolute Gasteiger partial charge is 0.454 e. The summed E-state index contributed by atoms with van der Waals surface area (Å²) in [5.41, 5.74) is 0.846. The first-order valence-electron chi connectivity index (χ1n) is 8.00. The van der Waals surface area contributed by atoms with Crippen LogP contribution in [0.3, 0.4) is 0 Å². The van der Waals surface area contributed by atoms with E-state index in [0.29, 0.717) is 17.3 Å². The van der Waals surface area contributed by atoms with Crippen LogP contribution in [0.15, 0.2) is 42.6 Å². The van der Waals surface area contributed by atoms with Crippen LogP contribution in [0, 0.1) is 5.92 Å². The number of fused-ring (bicyclic) bond motifs is 1. The predicted molar refractivity (Wildman–Crippen MR) is 89.0 cm³/mol. The summed E-state index contributed by atoms with van der Waals surface area (Å²) in [6.45, 7) is 0.182. The van der Waals surface area contributed by atoms with Crippen LogP contribution in [0.25, 0.3) is 0 Å². The average molecular weight is 339 g/mol. The number of rotatable bonds is 3. The Morgan fingerprint density at radius 2 is 2.08 bits per heavy atom. The Bertz CT molecular complexity index is 824. The van der Waals surface area contributed by atoms with E-state index in [2.05, 4.69) is 10.3 Å². The molecule has 2 aromatic rings. The Hall–Kier alpha value is -3.09. The molecule has 0 bridgehead atoms. The summed E-state index contributed by atoms with van der Waals surface area (Å²) in [5.74, 6) is 0.987. The van der Waals surface area contributed by atoms with Crippen molar-refractivity contribution in [2.24, 2.45) is 5.92 Å². The van der Waals surface area contributed by atoms with Gasteiger partial charge in [0.2, 0.25) is 18.6 Å². The van der Waals surface area contributed by atoms with Crippen LogP contribution in [0.2, 0.25) is 0 Å². The number of nitrogens with one attached hydrogen (secondary N) is 1. The topological polar surface area (TPSA) is 80.8 Å². The highest BCUT2D eigenvalue weighted by molar-refractivity contribution is 5.97. The summed E-state index contributed by atoms with van der Waals surface area (Å²) in [4.78, 5) is 30.7. The fraction of sp³-hybridized carbons (Fsp3) is 0.278. The minimum absolute atomic E-state index is 0.0659. The van der Waals surface area contributed by atoms with E-state index >= 15 is 0 Å². The van der Waals surface area contributed by atoms with Gasteiger partial charge in [-0.1, -0.05) is 12.1 Å². The molecule has 1 aromatic heterocycles. The summed E-state index contributed by atoms with van der Waals surface area (Å²) >= 11 is 0. The van der Waals surface area contributed by atoms with Gasteiger partial charge < -0.3 is 19.7 Å². The highest BCUT2D eigenvalue weighted by Gasteiger charge is 2.43. The Kier molecular flexibility index (Phi) is 3.76. The molecule has 2 aliphatic heterocycles. The molecule has 3 heterocycles. The fourth-order valence-corrected chi connectivity index (χ4v) is 3.31. The molecule has 1 saturated heterocycles. The zero-order valence-corrected chi connectivity index (χ0v) is 13.6. The van der Waals surface area contributed by atoms with Crippen LogP contribution in [0.1, 0.15) is 18.0 Å². The van der Waals surface area contributed by atoms with Crippen molar-refractivity contribution in [3.8, 4) is 11.5 Å². The maximum absolute atomic E-state index is 12.7. The van der Waals surface area contributed by atoms with Crippen LogP contribution < -0.4 is 14.8 Å². The van der Waals surface area contributed by atoms with Crippen molar-refractivity contribution in [2.45, 2.75) is 12.5 Å². The van der Waals surface area contributed by atoms with Gasteiger partial charge in [-0.3, -0.25) is 9.59 Å². The lowest BCUT2D eigenvalue weighted by atomic mass is 9.92. The maximum Gasteiger partial charge on any atom is 0.231 e. The molecular formula is C18H17N3O4. The second kappa shape index (κ2) is 6.08. The first-order chi connectivity index (χ1) is 12.1. The first kappa shape index (κ1) is 15.4. The van der Waals surface area contributed by atoms with E-state index in [-0.39, 0.29) is 31.1 Å². The van der Waals surface area contributed by atoms with E-state index < -0.39 is 5.92 Å². The van der Waals surface area contributed by atoms with Gasteiger partial charge in [-0.2, -0.15) is 0 Å². The van der Waals surface area contributed by atoms with Crippen LogP contribution in [0.4, 0.5) is 5.82 Å². The van der Waals surface area contributed by atoms with Crippen molar-refractivity contribution in [3.63, 3.8) is 0 Å². The Balaban J connectivity index is 1.62. The third kappa shape index (κ3) is 2.77. The zero-order valence-electron chi connectivity index (χ0n) is 13.6. The molecule has 0 aliphatic carbocycles. The fourth-order valence-electron chi connectivity index (χ4n) is 3.31. The average Bonchev–Trinajstić information content (AvgIpc) is 3.20. The van der Waals surface area contributed by atoms with Crippen molar-refractivity contribution >= 4 is 17.6 Å². The molecule has 1 fully saturated rings. The molecule has 0 unspecified atom stereocenters. The molecule has 2 atom stereocenters. The highest BCUT2D eigenvalue weighted by atomic mass is 16.7. The van der Waals surface area contributed by atoms with Gasteiger partial charge >= 0.3 is 0 Å². The molecule has 7 heteroatoms. The van der Waals surface area contributed by atoms with Gasteiger partial charge in [0.25, 0.3) is 0 Å². The van der Waals surface area contributed by atoms with Crippen molar-refractivity contribution in [1.82, 2.24) is 9.88 Å². The molecular weight excluding hydrogens is 322 g/mol. The van der Waals surface area contributed by atoms with Crippen LogP contribution >= 0.6 is 0 Å². The van der Waals surface area contributed by atoms with Gasteiger partial charge in [0.05, 0.1) is 12.0 Å². The number of anilines is 1. The molecule has 2 aliphatic rings. The number of nitrogens with zero attached hydrogens (tertiary/aromatic N) is 2. The van der Waals surface area contributed by atoms with Crippen molar-refractivity contribution in [1.29, 1.82) is 0 Å². The number of hydrogen-bond acceptors (Lipinski definition) is 5. The molecule has 0 saturated carbocycles. The number of carbonyl (C=O) groups is 2. The minimum Gasteiger partial charge on any atom is -0.454 e. The molecule has 4 rings (SSSR count). The quantitative estimate of drug-likeness (QED) is 0.925. The van der Waals surface area contributed by atoms with Gasteiger partial charge in [0.1, 0.15) is 5.82 Å². The minimum atomic E-state index is -0.500. The van der Waals surface area contributed by atoms with Gasteiger partial charge in [-0.25, -0.2) is 4.98 Å². The number of aromatic nitrogens is 1. The Labute approximate surface area is 144 Å². The maximum atomic E-state index is 12.7. The number of benzene rings is 1. The van der Waals surface area contributed by atoms with Gasteiger partial charge in [-0.15, -0.1) is 0 Å². The normalized spacial score (nSPS) is 21.5. The van der Waals surface area contributed by atoms with Crippen LogP contribution in [0.5, 0.6) is 11.5 Å². The van der Waals surface area contributed by atoms with E-state index in [1.807, 2.05) is 18.2 Å². The summed E-state index contributed by atoms with van der Waals surface area (Å²) in [6, 6.07) is 10.4. The summed E-state index contributed by atoms with van der Waals surface area (Å²) < 4.78 is 10.7. The first-order valence-corrected chi connectivity index (χ1v) is 8.00. The van der Waals surface area contributed by atoms with Crippen LogP contribution in [-0.2, 0) is 9.59 Å². The van der Waals surface area contributed by atoms with E-state index in [1.54, 1.807) is 36.3 Å². The van der Waals surface area contributed by atoms with Gasteiger partial charge in [-0.05, 0) is 29.8 Å². The van der Waals surface area contributed by atoms with Crippen molar-refractivity contribution in [2.75, 3.05) is 19.2 Å². The second-order valence-electron chi connectivity index (χ2n) is 6.08. The van der Waals surface area contributed by atoms with Crippen LogP contribution in [-0.4, -0.2) is 35.5 Å². The number of hydrogen-bond donors (Lipinski definition) is 1. The number of likely N-dealkylation sites (tertiary alicyclic amines) is 1. The lowest BCUT2D eigenvalue weighted by Crippen LogP contribution is -2.30. The number of carbonyl (C=O) groups excluding carboxylic acids is 2. The molecule has 1 aromatic carbocycles. The van der Waals surface area contributed by atoms with Gasteiger partial charge in [0, 0.05) is 19.7 Å². The molecule has 128 valence electrons. The summed E-state index contributed by atoms with van der Waals surface area (Å²) in [6.07, 6.45) is 1.77. The Morgan fingerprint density at radius 3 is 2.88 bits per heavy atom. The summed E-state index contributed by atoms with van der Waals surface area (Å²) in [5, 5.41) is 2.79. The third-order valence-electron chi connectivity index (χ3n) is 4.58. The van der Waals surface area contributed by atoms with Crippen molar-refractivity contribution < 1.29 is 19.1 Å². The molecule has 0 spiro atoms. The third-order valence-corrected chi connectivity index (χ3v) is 4.58. The Morgan fingerprint density at radius 1 is 1.24 bits per heavy atom. The van der Waals surface area contributed by atoms with E-state index in [4.69, 9.17) is 9.47 Å². The van der Waals surface area contributed by atoms with E-state index in [0.717, 1.165) is 5.56 Å². The molecule has 0 radical (unpaired) electrons.